The number of hydrogen-bond donors (Lipinski definition) is 1. The zero-order chi connectivity index (χ0) is 31.7. The minimum absolute atomic E-state index is 0.0578. The third kappa shape index (κ3) is 7.85. The Balaban J connectivity index is 1.79. The molecule has 9 heteroatoms. The summed E-state index contributed by atoms with van der Waals surface area (Å²) >= 11 is 0. The highest BCUT2D eigenvalue weighted by molar-refractivity contribution is 7.92. The minimum atomic E-state index is -4.17. The summed E-state index contributed by atoms with van der Waals surface area (Å²) in [6.45, 7) is 5.75. The number of carbonyl (C=O) groups is 2. The van der Waals surface area contributed by atoms with Crippen molar-refractivity contribution in [2.75, 3.05) is 24.5 Å². The minimum Gasteiger partial charge on any atom is -0.494 e. The first-order chi connectivity index (χ1) is 21.1. The molecule has 4 aromatic carbocycles. The maximum Gasteiger partial charge on any atom is 0.264 e. The molecule has 4 aromatic rings. The first-order valence-corrected chi connectivity index (χ1v) is 16.0. The van der Waals surface area contributed by atoms with Crippen molar-refractivity contribution in [1.29, 1.82) is 0 Å². The van der Waals surface area contributed by atoms with Crippen LogP contribution in [0.25, 0.3) is 0 Å². The van der Waals surface area contributed by atoms with Crippen molar-refractivity contribution in [3.05, 3.63) is 125 Å². The number of aryl methyl sites for hydroxylation is 2. The first kappa shape index (κ1) is 32.3. The fraction of sp³-hybridized carbons (Fsp3) is 0.257. The Morgan fingerprint density at radius 1 is 0.841 bits per heavy atom. The van der Waals surface area contributed by atoms with Crippen molar-refractivity contribution in [3.8, 4) is 5.75 Å². The maximum atomic E-state index is 14.4. The number of sulfonamides is 1. The predicted octanol–water partition coefficient (Wildman–Crippen LogP) is 5.28. The van der Waals surface area contributed by atoms with E-state index in [0.29, 0.717) is 18.0 Å². The van der Waals surface area contributed by atoms with Crippen LogP contribution in [0.2, 0.25) is 0 Å². The number of benzene rings is 4. The van der Waals surface area contributed by atoms with E-state index >= 15 is 0 Å². The summed E-state index contributed by atoms with van der Waals surface area (Å²) in [6, 6.07) is 29.3. The van der Waals surface area contributed by atoms with E-state index in [1.165, 1.54) is 24.1 Å². The van der Waals surface area contributed by atoms with Crippen LogP contribution in [0.5, 0.6) is 5.75 Å². The van der Waals surface area contributed by atoms with E-state index in [9.17, 15) is 18.0 Å². The molecule has 0 saturated heterocycles. The number of carbonyl (C=O) groups excluding carboxylic acids is 2. The highest BCUT2D eigenvalue weighted by Crippen LogP contribution is 2.27. The number of nitrogens with one attached hydrogen (secondary N) is 1. The number of hydrogen-bond acceptors (Lipinski definition) is 5. The molecule has 0 saturated carbocycles. The van der Waals surface area contributed by atoms with Crippen molar-refractivity contribution < 1.29 is 22.7 Å². The van der Waals surface area contributed by atoms with Crippen LogP contribution in [-0.2, 0) is 32.6 Å². The molecule has 1 atom stereocenters. The lowest BCUT2D eigenvalue weighted by molar-refractivity contribution is -0.139. The zero-order valence-electron chi connectivity index (χ0n) is 25.6. The monoisotopic (exact) mass is 613 g/mol. The largest absolute Gasteiger partial charge is 0.494 e. The quantitative estimate of drug-likeness (QED) is 0.221. The molecular weight excluding hydrogens is 574 g/mol. The summed E-state index contributed by atoms with van der Waals surface area (Å²) in [4.78, 5) is 29.3. The second kappa shape index (κ2) is 14.7. The maximum absolute atomic E-state index is 14.4. The Morgan fingerprint density at radius 3 is 2.09 bits per heavy atom. The molecule has 0 fully saturated rings. The highest BCUT2D eigenvalue weighted by Gasteiger charge is 2.34. The molecular formula is C35H39N3O5S. The van der Waals surface area contributed by atoms with Gasteiger partial charge in [0.2, 0.25) is 11.8 Å². The summed E-state index contributed by atoms with van der Waals surface area (Å²) in [6.07, 6.45) is 0.256. The molecule has 44 heavy (non-hydrogen) atoms. The Kier molecular flexibility index (Phi) is 10.8. The first-order valence-electron chi connectivity index (χ1n) is 14.6. The van der Waals surface area contributed by atoms with Crippen LogP contribution in [0.1, 0.15) is 29.2 Å². The average molecular weight is 614 g/mol. The van der Waals surface area contributed by atoms with Gasteiger partial charge in [-0.3, -0.25) is 13.9 Å². The zero-order valence-corrected chi connectivity index (χ0v) is 26.4. The molecule has 4 rings (SSSR count). The van der Waals surface area contributed by atoms with Crippen LogP contribution in [-0.4, -0.2) is 51.4 Å². The molecule has 0 aromatic heterocycles. The van der Waals surface area contributed by atoms with Gasteiger partial charge in [0.15, 0.2) is 0 Å². The van der Waals surface area contributed by atoms with Gasteiger partial charge in [-0.15, -0.1) is 0 Å². The van der Waals surface area contributed by atoms with Crippen molar-refractivity contribution >= 4 is 27.5 Å². The Labute approximate surface area is 260 Å². The van der Waals surface area contributed by atoms with Crippen molar-refractivity contribution in [1.82, 2.24) is 10.2 Å². The van der Waals surface area contributed by atoms with E-state index in [0.717, 1.165) is 26.6 Å². The van der Waals surface area contributed by atoms with Crippen LogP contribution in [0, 0.1) is 13.8 Å². The molecule has 8 nitrogen and oxygen atoms in total. The van der Waals surface area contributed by atoms with Crippen LogP contribution in [0.4, 0.5) is 5.69 Å². The topological polar surface area (TPSA) is 96.0 Å². The number of likely N-dealkylation sites (N-methyl/N-ethyl adjacent to an activating group) is 1. The van der Waals surface area contributed by atoms with Gasteiger partial charge in [-0.05, 0) is 73.9 Å². The number of ether oxygens (including phenoxy) is 1. The van der Waals surface area contributed by atoms with Gasteiger partial charge < -0.3 is 15.0 Å². The molecule has 0 radical (unpaired) electrons. The van der Waals surface area contributed by atoms with Crippen LogP contribution in [0.15, 0.2) is 108 Å². The normalized spacial score (nSPS) is 11.8. The second-order valence-electron chi connectivity index (χ2n) is 10.5. The number of nitrogens with zero attached hydrogens (tertiary/aromatic N) is 2. The summed E-state index contributed by atoms with van der Waals surface area (Å²) in [5.41, 5.74) is 3.90. The van der Waals surface area contributed by atoms with E-state index in [1.807, 2.05) is 75.4 Å². The van der Waals surface area contributed by atoms with E-state index < -0.39 is 28.5 Å². The van der Waals surface area contributed by atoms with Gasteiger partial charge in [0.25, 0.3) is 10.0 Å². The van der Waals surface area contributed by atoms with Gasteiger partial charge >= 0.3 is 0 Å². The van der Waals surface area contributed by atoms with Crippen LogP contribution >= 0.6 is 0 Å². The van der Waals surface area contributed by atoms with Gasteiger partial charge in [0.1, 0.15) is 18.3 Å². The van der Waals surface area contributed by atoms with Crippen molar-refractivity contribution in [2.45, 2.75) is 44.7 Å². The smallest absolute Gasteiger partial charge is 0.264 e. The lowest BCUT2D eigenvalue weighted by Crippen LogP contribution is -2.53. The lowest BCUT2D eigenvalue weighted by Gasteiger charge is -2.34. The molecule has 0 spiro atoms. The van der Waals surface area contributed by atoms with Gasteiger partial charge in [-0.25, -0.2) is 8.42 Å². The molecule has 0 aliphatic carbocycles. The molecule has 2 amide bonds. The Morgan fingerprint density at radius 2 is 1.48 bits per heavy atom. The average Bonchev–Trinajstić information content (AvgIpc) is 3.03. The number of rotatable bonds is 13. The van der Waals surface area contributed by atoms with E-state index in [4.69, 9.17) is 4.74 Å². The molecule has 230 valence electrons. The van der Waals surface area contributed by atoms with Gasteiger partial charge in [0, 0.05) is 20.0 Å². The second-order valence-corrected chi connectivity index (χ2v) is 12.4. The summed E-state index contributed by atoms with van der Waals surface area (Å²) < 4.78 is 34.9. The Hall–Kier alpha value is -4.63. The van der Waals surface area contributed by atoms with E-state index in [2.05, 4.69) is 5.32 Å². The molecule has 0 aliphatic rings. The summed E-state index contributed by atoms with van der Waals surface area (Å²) in [7, 11) is -2.64. The van der Waals surface area contributed by atoms with Gasteiger partial charge in [0.05, 0.1) is 17.2 Å². The van der Waals surface area contributed by atoms with Crippen molar-refractivity contribution in [3.63, 3.8) is 0 Å². The standard InChI is InChI=1S/C35H39N3O5S/c1-5-43-31-19-17-30(18-20-31)38(44(41,42)32-21-15-26(2)16-22-32)25-34(39)37(24-29-14-10-9-11-27(29)3)33(35(40)36-4)23-28-12-7-6-8-13-28/h6-22,33H,5,23-25H2,1-4H3,(H,36,40)/t33-/m1/s1. The highest BCUT2D eigenvalue weighted by atomic mass is 32.2. The van der Waals surface area contributed by atoms with Gasteiger partial charge in [-0.2, -0.15) is 0 Å². The van der Waals surface area contributed by atoms with Crippen LogP contribution < -0.4 is 14.4 Å². The predicted molar refractivity (Wildman–Crippen MR) is 173 cm³/mol. The molecule has 0 heterocycles. The van der Waals surface area contributed by atoms with E-state index in [-0.39, 0.29) is 23.8 Å². The fourth-order valence-corrected chi connectivity index (χ4v) is 6.35. The SMILES string of the molecule is CCOc1ccc(N(CC(=O)N(Cc2ccccc2C)[C@H](Cc2ccccc2)C(=O)NC)S(=O)(=O)c2ccc(C)cc2)cc1. The molecule has 0 aliphatic heterocycles. The third-order valence-electron chi connectivity index (χ3n) is 7.44. The summed E-state index contributed by atoms with van der Waals surface area (Å²) in [5.74, 6) is -0.272. The molecule has 0 bridgehead atoms. The molecule has 0 unspecified atom stereocenters. The lowest BCUT2D eigenvalue weighted by atomic mass is 10.0. The third-order valence-corrected chi connectivity index (χ3v) is 9.23. The summed E-state index contributed by atoms with van der Waals surface area (Å²) in [5, 5.41) is 2.71. The number of amides is 2. The van der Waals surface area contributed by atoms with Crippen LogP contribution in [0.3, 0.4) is 0 Å². The Bertz CT molecular complexity index is 1660. The van der Waals surface area contributed by atoms with Gasteiger partial charge in [-0.1, -0.05) is 72.3 Å². The molecule has 1 N–H and O–H groups in total. The van der Waals surface area contributed by atoms with E-state index in [1.54, 1.807) is 36.4 Å². The fourth-order valence-electron chi connectivity index (χ4n) is 4.93. The number of anilines is 1. The van der Waals surface area contributed by atoms with Crippen molar-refractivity contribution in [2.24, 2.45) is 0 Å².